The number of carbonyl (C=O) groups is 9. The molecule has 0 aromatic carbocycles. The van der Waals surface area contributed by atoms with E-state index in [9.17, 15) is 53.4 Å². The number of carboxylic acids is 1. The summed E-state index contributed by atoms with van der Waals surface area (Å²) in [5, 5.41) is 36.1. The van der Waals surface area contributed by atoms with Crippen LogP contribution in [-0.4, -0.2) is 163 Å². The van der Waals surface area contributed by atoms with E-state index in [4.69, 9.17) is 38.1 Å². The minimum Gasteiger partial charge on any atom is -0.480 e. The Hall–Kier alpha value is -4.66. The van der Waals surface area contributed by atoms with Crippen LogP contribution in [0, 0.1) is 0 Å². The van der Waals surface area contributed by atoms with E-state index in [-0.39, 0.29) is 69.1 Å². The number of esters is 2. The van der Waals surface area contributed by atoms with Crippen LogP contribution in [0.1, 0.15) is 251 Å². The SMILES string of the molecule is CCCCCCCCCCCCCCCC(=O)OC[C@H](CSC[C@H](N)C(=O)N[C@@H](CO)C(=O)N[C@@H](CCCCN)C(=O)N[C@@H](CCCCN)C(=O)N[C@@H](CCCCN)C(=O)N[C@@H](CCCCN)C(=O)O)OC(=O)CCCCNC(=O)CCCCCCCCC. The molecule has 0 aromatic heterocycles. The normalized spacial score (nSPS) is 13.6. The predicted molar refractivity (Wildman–Crippen MR) is 352 cm³/mol. The number of aliphatic hydroxyl groups excluding tert-OH is 1. The van der Waals surface area contributed by atoms with Gasteiger partial charge in [-0.3, -0.25) is 38.4 Å². The number of carboxylic acid groups (broad SMARTS) is 1. The number of aliphatic hydroxyl groups is 1. The number of nitrogens with one attached hydrogen (secondary N) is 6. The minimum atomic E-state index is -1.56. The van der Waals surface area contributed by atoms with Gasteiger partial charge < -0.3 is 80.3 Å². The molecular weight excluding hydrogens is 1160 g/mol. The van der Waals surface area contributed by atoms with Gasteiger partial charge in [0.25, 0.3) is 0 Å². The van der Waals surface area contributed by atoms with Crippen molar-refractivity contribution in [1.82, 2.24) is 31.9 Å². The van der Waals surface area contributed by atoms with Crippen LogP contribution in [0.3, 0.4) is 0 Å². The van der Waals surface area contributed by atoms with Gasteiger partial charge in [-0.15, -0.1) is 0 Å². The number of hydrogen-bond donors (Lipinski definition) is 13. The smallest absolute Gasteiger partial charge is 0.326 e. The summed E-state index contributed by atoms with van der Waals surface area (Å²) in [5.74, 6) is -6.07. The highest BCUT2D eigenvalue weighted by molar-refractivity contribution is 7.99. The fourth-order valence-corrected chi connectivity index (χ4v) is 10.8. The molecule has 89 heavy (non-hydrogen) atoms. The third kappa shape index (κ3) is 47.0. The number of thioether (sulfide) groups is 1. The number of ether oxygens (including phenoxy) is 2. The van der Waals surface area contributed by atoms with Crippen LogP contribution >= 0.6 is 11.8 Å². The van der Waals surface area contributed by atoms with Gasteiger partial charge in [-0.05, 0) is 129 Å². The molecule has 0 aromatic rings. The van der Waals surface area contributed by atoms with Gasteiger partial charge in [0, 0.05) is 37.3 Å². The first kappa shape index (κ1) is 84.3. The summed E-state index contributed by atoms with van der Waals surface area (Å²) in [7, 11) is 0. The molecule has 0 radical (unpaired) electrons. The molecule has 0 saturated heterocycles. The summed E-state index contributed by atoms with van der Waals surface area (Å²) < 4.78 is 11.4. The molecule has 0 bridgehead atoms. The third-order valence-corrected chi connectivity index (χ3v) is 16.6. The van der Waals surface area contributed by atoms with Gasteiger partial charge in [0.2, 0.25) is 35.4 Å². The van der Waals surface area contributed by atoms with Crippen molar-refractivity contribution in [3.8, 4) is 0 Å². The lowest BCUT2D eigenvalue weighted by Gasteiger charge is -2.27. The number of aliphatic carboxylic acids is 1. The molecule has 0 fully saturated rings. The van der Waals surface area contributed by atoms with E-state index in [0.29, 0.717) is 103 Å². The number of nitrogens with two attached hydrogens (primary N) is 5. The van der Waals surface area contributed by atoms with E-state index in [0.717, 1.165) is 50.3 Å². The number of amides is 6. The van der Waals surface area contributed by atoms with Crippen LogP contribution in [0.15, 0.2) is 0 Å². The van der Waals surface area contributed by atoms with Gasteiger partial charge in [0.05, 0.1) is 12.6 Å². The summed E-state index contributed by atoms with van der Waals surface area (Å²) in [4.78, 5) is 119. The maximum atomic E-state index is 14.1. The summed E-state index contributed by atoms with van der Waals surface area (Å²) in [5.41, 5.74) is 29.1. The molecule has 0 heterocycles. The second-order valence-corrected chi connectivity index (χ2v) is 24.6. The van der Waals surface area contributed by atoms with Crippen LogP contribution in [0.4, 0.5) is 0 Å². The Labute approximate surface area is 537 Å². The molecule has 0 unspecified atom stereocenters. The summed E-state index contributed by atoms with van der Waals surface area (Å²) in [6.45, 7) is 4.97. The summed E-state index contributed by atoms with van der Waals surface area (Å²) in [6.07, 6.45) is 28.0. The van der Waals surface area contributed by atoms with Crippen molar-refractivity contribution < 1.29 is 62.8 Å². The lowest BCUT2D eigenvalue weighted by Crippen LogP contribution is -2.59. The summed E-state index contributed by atoms with van der Waals surface area (Å²) >= 11 is 1.16. The van der Waals surface area contributed by atoms with Gasteiger partial charge in [-0.1, -0.05) is 129 Å². The van der Waals surface area contributed by atoms with Crippen molar-refractivity contribution in [2.75, 3.05) is 57.4 Å². The molecule has 0 saturated carbocycles. The molecule has 0 aliphatic heterocycles. The van der Waals surface area contributed by atoms with Crippen LogP contribution in [-0.2, 0) is 52.6 Å². The first-order chi connectivity index (χ1) is 43.0. The maximum Gasteiger partial charge on any atom is 0.326 e. The van der Waals surface area contributed by atoms with Crippen LogP contribution in [0.5, 0.6) is 0 Å². The zero-order chi connectivity index (χ0) is 66.1. The number of hydrogen-bond acceptors (Lipinski definition) is 18. The molecule has 518 valence electrons. The van der Waals surface area contributed by atoms with Gasteiger partial charge in [-0.25, -0.2) is 4.79 Å². The van der Waals surface area contributed by atoms with E-state index in [1.165, 1.54) is 83.5 Å². The van der Waals surface area contributed by atoms with Crippen molar-refractivity contribution in [3.63, 3.8) is 0 Å². The quantitative estimate of drug-likeness (QED) is 0.0267. The maximum absolute atomic E-state index is 14.1. The first-order valence-electron chi connectivity index (χ1n) is 34.1. The molecule has 0 aliphatic rings. The second-order valence-electron chi connectivity index (χ2n) is 23.6. The highest BCUT2D eigenvalue weighted by Crippen LogP contribution is 2.16. The molecule has 25 heteroatoms. The Morgan fingerprint density at radius 3 is 1.19 bits per heavy atom. The Morgan fingerprint density at radius 2 is 0.775 bits per heavy atom. The van der Waals surface area contributed by atoms with Crippen molar-refractivity contribution in [2.24, 2.45) is 28.7 Å². The van der Waals surface area contributed by atoms with Crippen molar-refractivity contribution in [2.45, 2.75) is 294 Å². The molecular formula is C64H123N11O13S. The topological polar surface area (TPSA) is 415 Å². The predicted octanol–water partition coefficient (Wildman–Crippen LogP) is 5.43. The fourth-order valence-electron chi connectivity index (χ4n) is 9.86. The molecule has 7 atom stereocenters. The molecule has 18 N–H and O–H groups in total. The van der Waals surface area contributed by atoms with E-state index < -0.39 is 96.4 Å². The van der Waals surface area contributed by atoms with E-state index in [1.807, 2.05) is 0 Å². The average molecular weight is 1290 g/mol. The van der Waals surface area contributed by atoms with Crippen molar-refractivity contribution in [3.05, 3.63) is 0 Å². The fraction of sp³-hybridized carbons (Fsp3) is 0.859. The average Bonchev–Trinajstić information content (AvgIpc) is 3.71. The lowest BCUT2D eigenvalue weighted by atomic mass is 10.0. The number of rotatable bonds is 62. The van der Waals surface area contributed by atoms with Gasteiger partial charge >= 0.3 is 17.9 Å². The molecule has 0 aliphatic carbocycles. The Kier molecular flexibility index (Phi) is 55.4. The minimum absolute atomic E-state index is 0.0100. The number of unbranched alkanes of at least 4 members (excludes halogenated alkanes) is 23. The molecule has 6 amide bonds. The van der Waals surface area contributed by atoms with Gasteiger partial charge in [0.15, 0.2) is 0 Å². The standard InChI is InChI=1S/C64H123N11O13S/c1-3-5-7-9-11-12-13-14-15-16-18-20-22-38-57(78)87-46-49(88-58(79)39-27-32-44-70-56(77)37-21-19-17-10-8-6-4-2)47-89-48-50(69)59(80)75-55(45-76)63(84)73-52(34-24-29-41-66)61(82)71-51(33-23-28-40-65)60(81)72-53(35-25-30-42-67)62(83)74-54(64(85)86)36-26-31-43-68/h49-55,76H,3-48,65-69H2,1-2H3,(H,70,77)(H,71,82)(H,72,81)(H,73,84)(H,74,83)(H,75,80)(H,85,86)/t49-,50+,51+,52+,53+,54+,55+/m1/s1. The van der Waals surface area contributed by atoms with Crippen LogP contribution in [0.2, 0.25) is 0 Å². The molecule has 0 spiro atoms. The summed E-state index contributed by atoms with van der Waals surface area (Å²) in [6, 6.07) is -7.72. The van der Waals surface area contributed by atoms with Crippen LogP contribution in [0.25, 0.3) is 0 Å². The van der Waals surface area contributed by atoms with Gasteiger partial charge in [0.1, 0.15) is 42.9 Å². The molecule has 24 nitrogen and oxygen atoms in total. The number of carbonyl (C=O) groups excluding carboxylic acids is 8. The van der Waals surface area contributed by atoms with Gasteiger partial charge in [-0.2, -0.15) is 11.8 Å². The zero-order valence-corrected chi connectivity index (χ0v) is 55.6. The Morgan fingerprint density at radius 1 is 0.416 bits per heavy atom. The Balaban J connectivity index is 5.86. The van der Waals surface area contributed by atoms with E-state index in [1.54, 1.807) is 0 Å². The zero-order valence-electron chi connectivity index (χ0n) is 54.7. The highest BCUT2D eigenvalue weighted by atomic mass is 32.2. The second kappa shape index (κ2) is 58.4. The first-order valence-corrected chi connectivity index (χ1v) is 35.3. The lowest BCUT2D eigenvalue weighted by molar-refractivity contribution is -0.157. The third-order valence-electron chi connectivity index (χ3n) is 15.4. The highest BCUT2D eigenvalue weighted by Gasteiger charge is 2.33. The van der Waals surface area contributed by atoms with Crippen molar-refractivity contribution in [1.29, 1.82) is 0 Å². The largest absolute Gasteiger partial charge is 0.480 e. The van der Waals surface area contributed by atoms with E-state index in [2.05, 4.69) is 45.7 Å². The van der Waals surface area contributed by atoms with E-state index >= 15 is 0 Å². The Bertz CT molecular complexity index is 1900. The van der Waals surface area contributed by atoms with Crippen molar-refractivity contribution >= 4 is 65.1 Å². The monoisotopic (exact) mass is 1290 g/mol. The van der Waals surface area contributed by atoms with Crippen LogP contribution < -0.4 is 60.6 Å². The molecule has 0 rings (SSSR count).